The highest BCUT2D eigenvalue weighted by Crippen LogP contribution is 2.30. The standard InChI is InChI=1S/C19H18N4O3S2/c1-11(15-4-3-9-27-15)21-22-19(20)28-16-10-17(25)23(18(16)26)14-7-5-13(6-8-14)12(2)24/h3-9,16H,10H2,1-2H3,(H2,20,22). The predicted octanol–water partition coefficient (Wildman–Crippen LogP) is 3.05. The number of carbonyl (C=O) groups is 3. The lowest BCUT2D eigenvalue weighted by Crippen LogP contribution is -2.31. The number of ketones is 1. The second-order valence-corrected chi connectivity index (χ2v) is 8.25. The lowest BCUT2D eigenvalue weighted by Gasteiger charge is -2.15. The molecule has 1 aromatic heterocycles. The number of amides is 2. The second kappa shape index (κ2) is 8.49. The largest absolute Gasteiger partial charge is 0.377 e. The van der Waals surface area contributed by atoms with E-state index in [-0.39, 0.29) is 29.2 Å². The SMILES string of the molecule is CC(=O)c1ccc(N2C(=O)CC(SC(N)=NN=C(C)c3cccs3)C2=O)cc1. The average Bonchev–Trinajstić information content (AvgIpc) is 3.29. The quantitative estimate of drug-likeness (QED) is 0.266. The molecule has 0 aliphatic carbocycles. The average molecular weight is 415 g/mol. The zero-order valence-corrected chi connectivity index (χ0v) is 16.9. The maximum absolute atomic E-state index is 12.7. The molecule has 1 unspecified atom stereocenters. The summed E-state index contributed by atoms with van der Waals surface area (Å²) in [5, 5.41) is 9.46. The number of Topliss-reactive ketones (excluding diaryl/α,β-unsaturated/α-hetero) is 1. The van der Waals surface area contributed by atoms with E-state index in [1.807, 2.05) is 24.4 Å². The van der Waals surface area contributed by atoms with E-state index in [4.69, 9.17) is 5.73 Å². The van der Waals surface area contributed by atoms with E-state index in [9.17, 15) is 14.4 Å². The molecule has 1 atom stereocenters. The molecule has 144 valence electrons. The van der Waals surface area contributed by atoms with E-state index in [2.05, 4.69) is 10.2 Å². The maximum Gasteiger partial charge on any atom is 0.247 e. The summed E-state index contributed by atoms with van der Waals surface area (Å²) in [4.78, 5) is 38.5. The van der Waals surface area contributed by atoms with Crippen LogP contribution in [0.1, 0.15) is 35.5 Å². The van der Waals surface area contributed by atoms with E-state index < -0.39 is 5.25 Å². The number of thiophene rings is 1. The molecule has 0 spiro atoms. The summed E-state index contributed by atoms with van der Waals surface area (Å²) in [6.07, 6.45) is 0.0296. The van der Waals surface area contributed by atoms with E-state index in [1.54, 1.807) is 35.6 Å². The lowest BCUT2D eigenvalue weighted by atomic mass is 10.1. The molecule has 0 radical (unpaired) electrons. The number of nitrogens with zero attached hydrogens (tertiary/aromatic N) is 3. The van der Waals surface area contributed by atoms with Gasteiger partial charge in [0.2, 0.25) is 11.8 Å². The van der Waals surface area contributed by atoms with Gasteiger partial charge >= 0.3 is 0 Å². The van der Waals surface area contributed by atoms with Gasteiger partial charge in [0.1, 0.15) is 5.25 Å². The Hall–Kier alpha value is -2.78. The van der Waals surface area contributed by atoms with Crippen LogP contribution < -0.4 is 10.6 Å². The number of carbonyl (C=O) groups excluding carboxylic acids is 3. The van der Waals surface area contributed by atoms with E-state index in [0.717, 1.165) is 27.3 Å². The lowest BCUT2D eigenvalue weighted by molar-refractivity contribution is -0.121. The Morgan fingerprint density at radius 2 is 1.89 bits per heavy atom. The van der Waals surface area contributed by atoms with Crippen LogP contribution in [-0.4, -0.2) is 33.7 Å². The third kappa shape index (κ3) is 4.37. The number of anilines is 1. The van der Waals surface area contributed by atoms with Crippen molar-refractivity contribution in [2.75, 3.05) is 4.90 Å². The molecule has 1 aliphatic rings. The second-order valence-electron chi connectivity index (χ2n) is 6.08. The van der Waals surface area contributed by atoms with Crippen molar-refractivity contribution in [3.8, 4) is 0 Å². The fourth-order valence-electron chi connectivity index (χ4n) is 2.64. The van der Waals surface area contributed by atoms with Gasteiger partial charge in [-0.05, 0) is 49.6 Å². The third-order valence-electron chi connectivity index (χ3n) is 4.08. The van der Waals surface area contributed by atoms with Crippen LogP contribution >= 0.6 is 23.1 Å². The molecule has 2 heterocycles. The minimum absolute atomic E-state index is 0.0296. The van der Waals surface area contributed by atoms with Gasteiger partial charge < -0.3 is 5.73 Å². The minimum Gasteiger partial charge on any atom is -0.377 e. The number of amidine groups is 1. The monoisotopic (exact) mass is 414 g/mol. The van der Waals surface area contributed by atoms with Gasteiger partial charge in [0, 0.05) is 12.0 Å². The maximum atomic E-state index is 12.7. The van der Waals surface area contributed by atoms with Crippen molar-refractivity contribution in [1.29, 1.82) is 0 Å². The number of benzene rings is 1. The van der Waals surface area contributed by atoms with Crippen molar-refractivity contribution in [1.82, 2.24) is 0 Å². The van der Waals surface area contributed by atoms with Gasteiger partial charge in [-0.15, -0.1) is 16.4 Å². The smallest absolute Gasteiger partial charge is 0.247 e. The molecule has 28 heavy (non-hydrogen) atoms. The Morgan fingerprint density at radius 1 is 1.18 bits per heavy atom. The van der Waals surface area contributed by atoms with Crippen LogP contribution in [0.3, 0.4) is 0 Å². The highest BCUT2D eigenvalue weighted by Gasteiger charge is 2.40. The van der Waals surface area contributed by atoms with Gasteiger partial charge in [0.15, 0.2) is 11.0 Å². The first-order valence-corrected chi connectivity index (χ1v) is 10.2. The van der Waals surface area contributed by atoms with Crippen molar-refractivity contribution >= 4 is 57.3 Å². The molecule has 7 nitrogen and oxygen atoms in total. The molecular weight excluding hydrogens is 396 g/mol. The Morgan fingerprint density at radius 3 is 2.50 bits per heavy atom. The summed E-state index contributed by atoms with van der Waals surface area (Å²) in [5.74, 6) is -0.756. The van der Waals surface area contributed by atoms with Crippen molar-refractivity contribution in [2.45, 2.75) is 25.5 Å². The van der Waals surface area contributed by atoms with Crippen molar-refractivity contribution in [3.63, 3.8) is 0 Å². The molecule has 0 saturated carbocycles. The zero-order valence-electron chi connectivity index (χ0n) is 15.3. The van der Waals surface area contributed by atoms with Gasteiger partial charge in [-0.2, -0.15) is 5.10 Å². The van der Waals surface area contributed by atoms with Crippen molar-refractivity contribution in [3.05, 3.63) is 52.2 Å². The van der Waals surface area contributed by atoms with E-state index in [1.165, 1.54) is 6.92 Å². The normalized spacial score (nSPS) is 18.1. The van der Waals surface area contributed by atoms with Gasteiger partial charge in [-0.1, -0.05) is 17.8 Å². The Kier molecular flexibility index (Phi) is 6.05. The molecule has 2 N–H and O–H groups in total. The number of imide groups is 1. The summed E-state index contributed by atoms with van der Waals surface area (Å²) in [5.41, 5.74) is 7.56. The first kappa shape index (κ1) is 20.0. The topological polar surface area (TPSA) is 105 Å². The summed E-state index contributed by atoms with van der Waals surface area (Å²) in [6, 6.07) is 10.2. The molecule has 1 aromatic carbocycles. The Labute approximate surface area is 170 Å². The molecule has 1 aliphatic heterocycles. The summed E-state index contributed by atoms with van der Waals surface area (Å²) in [6.45, 7) is 3.28. The molecule has 2 aromatic rings. The molecule has 9 heteroatoms. The molecule has 1 saturated heterocycles. The van der Waals surface area contributed by atoms with Crippen molar-refractivity contribution < 1.29 is 14.4 Å². The molecular formula is C19H18N4O3S2. The van der Waals surface area contributed by atoms with Gasteiger partial charge in [-0.3, -0.25) is 14.4 Å². The van der Waals surface area contributed by atoms with Crippen LogP contribution in [0.4, 0.5) is 5.69 Å². The number of hydrogen-bond acceptors (Lipinski definition) is 7. The molecule has 2 amide bonds. The van der Waals surface area contributed by atoms with E-state index in [0.29, 0.717) is 11.3 Å². The van der Waals surface area contributed by atoms with Crippen LogP contribution in [0, 0.1) is 0 Å². The van der Waals surface area contributed by atoms with E-state index >= 15 is 0 Å². The number of hydrogen-bond donors (Lipinski definition) is 1. The first-order chi connectivity index (χ1) is 13.4. The van der Waals surface area contributed by atoms with Crippen LogP contribution in [0.15, 0.2) is 52.0 Å². The minimum atomic E-state index is -0.652. The molecule has 1 fully saturated rings. The fraction of sp³-hybridized carbons (Fsp3) is 0.211. The van der Waals surface area contributed by atoms with Crippen LogP contribution in [0.2, 0.25) is 0 Å². The third-order valence-corrected chi connectivity index (χ3v) is 6.03. The highest BCUT2D eigenvalue weighted by atomic mass is 32.2. The summed E-state index contributed by atoms with van der Waals surface area (Å²) in [7, 11) is 0. The van der Waals surface area contributed by atoms with Gasteiger partial charge in [-0.25, -0.2) is 4.90 Å². The van der Waals surface area contributed by atoms with Crippen LogP contribution in [-0.2, 0) is 9.59 Å². The van der Waals surface area contributed by atoms with Crippen LogP contribution in [0.25, 0.3) is 0 Å². The first-order valence-electron chi connectivity index (χ1n) is 8.43. The highest BCUT2D eigenvalue weighted by molar-refractivity contribution is 8.14. The summed E-state index contributed by atoms with van der Waals surface area (Å²) >= 11 is 2.57. The fourth-order valence-corrected chi connectivity index (χ4v) is 4.12. The zero-order chi connectivity index (χ0) is 20.3. The Balaban J connectivity index is 1.70. The molecule has 0 bridgehead atoms. The predicted molar refractivity (Wildman–Crippen MR) is 113 cm³/mol. The molecule has 3 rings (SSSR count). The number of rotatable bonds is 5. The van der Waals surface area contributed by atoms with Crippen molar-refractivity contribution in [2.24, 2.45) is 15.9 Å². The van der Waals surface area contributed by atoms with Gasteiger partial charge in [0.25, 0.3) is 0 Å². The van der Waals surface area contributed by atoms with Crippen LogP contribution in [0.5, 0.6) is 0 Å². The Bertz CT molecular complexity index is 966. The number of thioether (sulfide) groups is 1. The number of nitrogens with two attached hydrogens (primary N) is 1. The van der Waals surface area contributed by atoms with Gasteiger partial charge in [0.05, 0.1) is 16.3 Å². The summed E-state index contributed by atoms with van der Waals surface area (Å²) < 4.78 is 0.